The highest BCUT2D eigenvalue weighted by Gasteiger charge is 2.17. The molecule has 0 unspecified atom stereocenters. The summed E-state index contributed by atoms with van der Waals surface area (Å²) < 4.78 is 9.06. The summed E-state index contributed by atoms with van der Waals surface area (Å²) >= 11 is 0. The summed E-state index contributed by atoms with van der Waals surface area (Å²) in [4.78, 5) is 4.71. The monoisotopic (exact) mass is 348 g/mol. The van der Waals surface area contributed by atoms with Crippen LogP contribution in [-0.2, 0) is 11.8 Å². The molecule has 0 bridgehead atoms. The first-order valence-corrected chi connectivity index (χ1v) is 8.40. The smallest absolute Gasteiger partial charge is 0.157 e. The third-order valence-electron chi connectivity index (χ3n) is 4.30. The molecule has 0 aliphatic heterocycles. The Kier molecular flexibility index (Phi) is 4.37. The van der Waals surface area contributed by atoms with Gasteiger partial charge in [0.25, 0.3) is 0 Å². The van der Waals surface area contributed by atoms with Crippen molar-refractivity contribution in [1.29, 1.82) is 0 Å². The molecule has 1 N–H and O–H groups in total. The van der Waals surface area contributed by atoms with E-state index in [0.717, 1.165) is 28.4 Å². The van der Waals surface area contributed by atoms with E-state index in [1.807, 2.05) is 60.3 Å². The molecule has 7 heteroatoms. The van der Waals surface area contributed by atoms with E-state index in [1.54, 1.807) is 24.0 Å². The molecule has 132 valence electrons. The van der Waals surface area contributed by atoms with Gasteiger partial charge in [-0.25, -0.2) is 4.98 Å². The molecule has 0 amide bonds. The zero-order chi connectivity index (χ0) is 17.9. The summed E-state index contributed by atoms with van der Waals surface area (Å²) in [5.41, 5.74) is 3.77. The van der Waals surface area contributed by atoms with Crippen molar-refractivity contribution in [2.24, 2.45) is 7.05 Å². The summed E-state index contributed by atoms with van der Waals surface area (Å²) in [6.45, 7) is 0.505. The molecule has 0 fully saturated rings. The minimum Gasteiger partial charge on any atom is -0.382 e. The summed E-state index contributed by atoms with van der Waals surface area (Å²) in [5, 5.41) is 12.2. The second kappa shape index (κ2) is 6.97. The predicted molar refractivity (Wildman–Crippen MR) is 99.9 cm³/mol. The van der Waals surface area contributed by atoms with Crippen LogP contribution in [0.5, 0.6) is 0 Å². The number of fused-ring (bicyclic) bond motifs is 1. The second-order valence-corrected chi connectivity index (χ2v) is 6.03. The highest BCUT2D eigenvalue weighted by Crippen LogP contribution is 2.25. The van der Waals surface area contributed by atoms with Gasteiger partial charge >= 0.3 is 0 Å². The molecule has 26 heavy (non-hydrogen) atoms. The van der Waals surface area contributed by atoms with Crippen molar-refractivity contribution in [2.75, 3.05) is 19.0 Å². The van der Waals surface area contributed by atoms with Gasteiger partial charge in [-0.15, -0.1) is 0 Å². The maximum absolute atomic E-state index is 5.41. The number of hydrogen-bond donors (Lipinski definition) is 1. The number of methoxy groups -OCH3 is 1. The third kappa shape index (κ3) is 3.04. The van der Waals surface area contributed by atoms with Gasteiger partial charge in [-0.05, 0) is 6.07 Å². The van der Waals surface area contributed by atoms with Gasteiger partial charge in [-0.3, -0.25) is 4.68 Å². The molecule has 1 atom stereocenters. The zero-order valence-electron chi connectivity index (χ0n) is 14.7. The van der Waals surface area contributed by atoms with E-state index in [1.165, 1.54) is 0 Å². The average Bonchev–Trinajstić information content (AvgIpc) is 3.31. The van der Waals surface area contributed by atoms with Crippen LogP contribution in [0.2, 0.25) is 0 Å². The van der Waals surface area contributed by atoms with E-state index in [9.17, 15) is 0 Å². The van der Waals surface area contributed by atoms with Crippen molar-refractivity contribution in [2.45, 2.75) is 6.04 Å². The lowest BCUT2D eigenvalue weighted by Gasteiger charge is -2.20. The maximum Gasteiger partial charge on any atom is 0.157 e. The Labute approximate surface area is 151 Å². The van der Waals surface area contributed by atoms with Crippen LogP contribution in [0.1, 0.15) is 11.7 Å². The molecular weight excluding hydrogens is 328 g/mol. The van der Waals surface area contributed by atoms with Gasteiger partial charge in [-0.1, -0.05) is 30.3 Å². The molecule has 3 heterocycles. The van der Waals surface area contributed by atoms with E-state index in [2.05, 4.69) is 15.5 Å². The molecule has 0 spiro atoms. The summed E-state index contributed by atoms with van der Waals surface area (Å²) in [7, 11) is 3.61. The minimum absolute atomic E-state index is 0.0640. The Bertz CT molecular complexity index is 1010. The van der Waals surface area contributed by atoms with Crippen LogP contribution in [0.15, 0.2) is 60.9 Å². The largest absolute Gasteiger partial charge is 0.382 e. The van der Waals surface area contributed by atoms with Crippen LogP contribution in [-0.4, -0.2) is 38.1 Å². The number of rotatable bonds is 6. The van der Waals surface area contributed by atoms with E-state index in [0.29, 0.717) is 6.61 Å². The average molecular weight is 348 g/mol. The number of ether oxygens (including phenoxy) is 1. The SMILES string of the molecule is COC[C@H](Nc1cc(-c2ccccc2)nc2ccnn12)c1ccnn1C. The number of nitrogens with one attached hydrogen (secondary N) is 1. The highest BCUT2D eigenvalue weighted by atomic mass is 16.5. The molecule has 3 aromatic heterocycles. The normalized spacial score (nSPS) is 12.4. The number of nitrogens with zero attached hydrogens (tertiary/aromatic N) is 5. The van der Waals surface area contributed by atoms with Crippen LogP contribution in [0, 0.1) is 0 Å². The minimum atomic E-state index is -0.0640. The lowest BCUT2D eigenvalue weighted by atomic mass is 10.1. The molecule has 1 aromatic carbocycles. The fourth-order valence-corrected chi connectivity index (χ4v) is 3.04. The number of hydrogen-bond acceptors (Lipinski definition) is 5. The Morgan fingerprint density at radius 3 is 2.62 bits per heavy atom. The fourth-order valence-electron chi connectivity index (χ4n) is 3.04. The summed E-state index contributed by atoms with van der Waals surface area (Å²) in [6, 6.07) is 15.9. The Balaban J connectivity index is 1.77. The number of anilines is 1. The molecule has 0 saturated heterocycles. The fraction of sp³-hybridized carbons (Fsp3) is 0.211. The summed E-state index contributed by atoms with van der Waals surface area (Å²) in [5.74, 6) is 0.849. The van der Waals surface area contributed by atoms with Gasteiger partial charge in [0.05, 0.1) is 30.2 Å². The topological polar surface area (TPSA) is 69.3 Å². The molecule has 0 radical (unpaired) electrons. The van der Waals surface area contributed by atoms with Crippen molar-refractivity contribution in [3.05, 3.63) is 66.6 Å². The van der Waals surface area contributed by atoms with Crippen LogP contribution in [0.4, 0.5) is 5.82 Å². The van der Waals surface area contributed by atoms with Crippen LogP contribution in [0.25, 0.3) is 16.9 Å². The molecule has 4 aromatic rings. The molecule has 0 aliphatic rings. The molecule has 7 nitrogen and oxygen atoms in total. The first-order valence-electron chi connectivity index (χ1n) is 8.40. The third-order valence-corrected chi connectivity index (χ3v) is 4.30. The zero-order valence-corrected chi connectivity index (χ0v) is 14.7. The number of benzene rings is 1. The molecular formula is C19H20N6O. The van der Waals surface area contributed by atoms with Gasteiger partial charge in [0, 0.05) is 38.1 Å². The standard InChI is InChI=1S/C19H20N6O/c1-24-17(8-10-20-24)16(13-26-2)23-19-12-15(14-6-4-3-5-7-14)22-18-9-11-21-25(18)19/h3-12,16,23H,13H2,1-2H3/t16-/m0/s1. The van der Waals surface area contributed by atoms with Gasteiger partial charge in [0.2, 0.25) is 0 Å². The van der Waals surface area contributed by atoms with E-state index >= 15 is 0 Å². The van der Waals surface area contributed by atoms with Crippen molar-refractivity contribution in [3.63, 3.8) is 0 Å². The van der Waals surface area contributed by atoms with Gasteiger partial charge in [-0.2, -0.15) is 14.7 Å². The van der Waals surface area contributed by atoms with Crippen molar-refractivity contribution < 1.29 is 4.74 Å². The lowest BCUT2D eigenvalue weighted by molar-refractivity contribution is 0.184. The maximum atomic E-state index is 5.41. The van der Waals surface area contributed by atoms with Crippen molar-refractivity contribution in [3.8, 4) is 11.3 Å². The van der Waals surface area contributed by atoms with Gasteiger partial charge < -0.3 is 10.1 Å². The van der Waals surface area contributed by atoms with E-state index < -0.39 is 0 Å². The number of aromatic nitrogens is 5. The predicted octanol–water partition coefficient (Wildman–Crippen LogP) is 2.93. The van der Waals surface area contributed by atoms with Crippen LogP contribution in [0.3, 0.4) is 0 Å². The highest BCUT2D eigenvalue weighted by molar-refractivity contribution is 5.66. The molecule has 0 aliphatic carbocycles. The van der Waals surface area contributed by atoms with E-state index in [-0.39, 0.29) is 6.04 Å². The second-order valence-electron chi connectivity index (χ2n) is 6.03. The lowest BCUT2D eigenvalue weighted by Crippen LogP contribution is -2.21. The van der Waals surface area contributed by atoms with Crippen LogP contribution >= 0.6 is 0 Å². The van der Waals surface area contributed by atoms with Gasteiger partial charge in [0.1, 0.15) is 5.82 Å². The molecule has 0 saturated carbocycles. The number of aryl methyl sites for hydroxylation is 1. The first-order chi connectivity index (χ1) is 12.8. The Morgan fingerprint density at radius 1 is 1.08 bits per heavy atom. The van der Waals surface area contributed by atoms with Crippen LogP contribution < -0.4 is 5.32 Å². The van der Waals surface area contributed by atoms with Crippen molar-refractivity contribution >= 4 is 11.5 Å². The Morgan fingerprint density at radius 2 is 1.88 bits per heavy atom. The van der Waals surface area contributed by atoms with Gasteiger partial charge in [0.15, 0.2) is 5.65 Å². The molecule has 4 rings (SSSR count). The quantitative estimate of drug-likeness (QED) is 0.580. The van der Waals surface area contributed by atoms with E-state index in [4.69, 9.17) is 9.72 Å². The van der Waals surface area contributed by atoms with Crippen molar-refractivity contribution in [1.82, 2.24) is 24.4 Å². The Hall–Kier alpha value is -3.19. The summed E-state index contributed by atoms with van der Waals surface area (Å²) in [6.07, 6.45) is 3.53. The first kappa shape index (κ1) is 16.3.